The van der Waals surface area contributed by atoms with Gasteiger partial charge in [0.05, 0.1) is 12.2 Å². The smallest absolute Gasteiger partial charge is 0.247 e. The number of likely N-dealkylation sites (tertiary alicyclic amines) is 1. The van der Waals surface area contributed by atoms with Gasteiger partial charge in [-0.05, 0) is 25.8 Å². The van der Waals surface area contributed by atoms with Crippen LogP contribution in [0.5, 0.6) is 0 Å². The van der Waals surface area contributed by atoms with Gasteiger partial charge in [0.15, 0.2) is 10.9 Å². The van der Waals surface area contributed by atoms with Gasteiger partial charge in [0.2, 0.25) is 5.91 Å². The lowest BCUT2D eigenvalue weighted by Gasteiger charge is -2.24. The van der Waals surface area contributed by atoms with Crippen LogP contribution in [0.3, 0.4) is 0 Å². The lowest BCUT2D eigenvalue weighted by molar-refractivity contribution is -0.126. The Morgan fingerprint density at radius 3 is 2.89 bits per heavy atom. The van der Waals surface area contributed by atoms with Gasteiger partial charge in [0.1, 0.15) is 5.69 Å². The van der Waals surface area contributed by atoms with E-state index in [0.29, 0.717) is 12.4 Å². The molecule has 1 amide bonds. The van der Waals surface area contributed by atoms with Crippen molar-refractivity contribution in [1.29, 1.82) is 0 Å². The maximum Gasteiger partial charge on any atom is 0.247 e. The van der Waals surface area contributed by atoms with E-state index in [1.54, 1.807) is 46.8 Å². The van der Waals surface area contributed by atoms with E-state index in [1.807, 2.05) is 31.3 Å². The maximum atomic E-state index is 12.8. The fourth-order valence-electron chi connectivity index (χ4n) is 3.31. The Bertz CT molecular complexity index is 1010. The summed E-state index contributed by atoms with van der Waals surface area (Å²) in [6.07, 6.45) is 13.9. The summed E-state index contributed by atoms with van der Waals surface area (Å²) in [6.45, 7) is 2.71. The lowest BCUT2D eigenvalue weighted by Crippen LogP contribution is -2.30. The molecule has 0 unspecified atom stereocenters. The second-order valence-corrected chi connectivity index (χ2v) is 7.90. The van der Waals surface area contributed by atoms with E-state index in [0.717, 1.165) is 34.1 Å². The molecule has 0 radical (unpaired) electrons. The normalized spacial score (nSPS) is 16.8. The Hall–Kier alpha value is -3.07. The van der Waals surface area contributed by atoms with Crippen LogP contribution in [0.4, 0.5) is 10.9 Å². The molecule has 3 aromatic rings. The summed E-state index contributed by atoms with van der Waals surface area (Å²) >= 11 is 1.56. The summed E-state index contributed by atoms with van der Waals surface area (Å²) in [5.41, 5.74) is 1.67. The summed E-state index contributed by atoms with van der Waals surface area (Å²) in [4.78, 5) is 29.1. The van der Waals surface area contributed by atoms with Crippen LogP contribution in [-0.4, -0.2) is 42.1 Å². The molecule has 0 aliphatic carbocycles. The third kappa shape index (κ3) is 3.94. The summed E-state index contributed by atoms with van der Waals surface area (Å²) in [6, 6.07) is -0.108. The van der Waals surface area contributed by atoms with Crippen molar-refractivity contribution in [2.45, 2.75) is 25.8 Å². The Morgan fingerprint density at radius 2 is 2.14 bits per heavy atom. The molecule has 9 heteroatoms. The monoisotopic (exact) mass is 395 g/mol. The predicted molar refractivity (Wildman–Crippen MR) is 108 cm³/mol. The zero-order valence-electron chi connectivity index (χ0n) is 15.7. The SMILES string of the molecule is Cc1cnc(Nc2nccnc2[C@@H]2CCCN2C(=O)/C=C/c2cnn(C)c2)s1. The number of carbonyl (C=O) groups excluding carboxylic acids is 1. The minimum absolute atomic E-state index is 0.0342. The molecule has 3 aromatic heterocycles. The maximum absolute atomic E-state index is 12.8. The Morgan fingerprint density at radius 1 is 1.29 bits per heavy atom. The van der Waals surface area contributed by atoms with Gasteiger partial charge in [-0.15, -0.1) is 11.3 Å². The third-order valence-electron chi connectivity index (χ3n) is 4.57. The van der Waals surface area contributed by atoms with E-state index >= 15 is 0 Å². The minimum Gasteiger partial charge on any atom is -0.330 e. The summed E-state index contributed by atoms with van der Waals surface area (Å²) in [7, 11) is 1.85. The van der Waals surface area contributed by atoms with Gasteiger partial charge in [-0.2, -0.15) is 5.10 Å². The highest BCUT2D eigenvalue weighted by Gasteiger charge is 2.32. The molecule has 4 heterocycles. The van der Waals surface area contributed by atoms with Crippen molar-refractivity contribution < 1.29 is 4.79 Å². The first-order valence-electron chi connectivity index (χ1n) is 9.08. The highest BCUT2D eigenvalue weighted by atomic mass is 32.1. The average molecular weight is 395 g/mol. The van der Waals surface area contributed by atoms with Crippen LogP contribution in [0.15, 0.2) is 37.1 Å². The van der Waals surface area contributed by atoms with Crippen molar-refractivity contribution >= 4 is 34.3 Å². The summed E-state index contributed by atoms with van der Waals surface area (Å²) in [5, 5.41) is 8.14. The van der Waals surface area contributed by atoms with E-state index in [-0.39, 0.29) is 11.9 Å². The van der Waals surface area contributed by atoms with Gasteiger partial charge in [-0.1, -0.05) is 0 Å². The van der Waals surface area contributed by atoms with Crippen LogP contribution in [0.1, 0.15) is 35.0 Å². The number of nitrogens with one attached hydrogen (secondary N) is 1. The number of nitrogens with zero attached hydrogens (tertiary/aromatic N) is 6. The molecule has 1 N–H and O–H groups in total. The number of aromatic nitrogens is 5. The van der Waals surface area contributed by atoms with Gasteiger partial charge < -0.3 is 10.2 Å². The molecule has 8 nitrogen and oxygen atoms in total. The first-order valence-corrected chi connectivity index (χ1v) is 9.89. The predicted octanol–water partition coefficient (Wildman–Crippen LogP) is 3.10. The van der Waals surface area contributed by atoms with Crippen LogP contribution in [0.25, 0.3) is 6.08 Å². The molecule has 0 saturated carbocycles. The molecule has 1 aliphatic heterocycles. The summed E-state index contributed by atoms with van der Waals surface area (Å²) in [5.74, 6) is 0.617. The molecule has 0 bridgehead atoms. The highest BCUT2D eigenvalue weighted by Crippen LogP contribution is 2.35. The molecule has 1 atom stereocenters. The van der Waals surface area contributed by atoms with Gasteiger partial charge in [-0.25, -0.2) is 9.97 Å². The number of hydrogen-bond donors (Lipinski definition) is 1. The molecule has 1 aliphatic rings. The molecule has 144 valence electrons. The van der Waals surface area contributed by atoms with E-state index in [1.165, 1.54) is 0 Å². The molecule has 4 rings (SSSR count). The van der Waals surface area contributed by atoms with Crippen molar-refractivity contribution in [2.75, 3.05) is 11.9 Å². The van der Waals surface area contributed by atoms with Crippen LogP contribution in [0.2, 0.25) is 0 Å². The van der Waals surface area contributed by atoms with E-state index < -0.39 is 0 Å². The van der Waals surface area contributed by atoms with Crippen molar-refractivity contribution in [3.05, 3.63) is 53.2 Å². The third-order valence-corrected chi connectivity index (χ3v) is 5.40. The fourth-order valence-corrected chi connectivity index (χ4v) is 3.97. The quantitative estimate of drug-likeness (QED) is 0.668. The Kier molecular flexibility index (Phi) is 5.16. The molecular formula is C19H21N7OS. The second-order valence-electron chi connectivity index (χ2n) is 6.66. The molecular weight excluding hydrogens is 374 g/mol. The van der Waals surface area contributed by atoms with Crippen LogP contribution in [0, 0.1) is 6.92 Å². The van der Waals surface area contributed by atoms with Gasteiger partial charge in [0.25, 0.3) is 0 Å². The average Bonchev–Trinajstić information content (AvgIpc) is 3.42. The van der Waals surface area contributed by atoms with Crippen molar-refractivity contribution in [1.82, 2.24) is 29.6 Å². The molecule has 28 heavy (non-hydrogen) atoms. The fraction of sp³-hybridized carbons (Fsp3) is 0.316. The number of amides is 1. The lowest BCUT2D eigenvalue weighted by atomic mass is 10.1. The zero-order valence-corrected chi connectivity index (χ0v) is 16.6. The van der Waals surface area contributed by atoms with Crippen LogP contribution >= 0.6 is 11.3 Å². The number of thiazole rings is 1. The van der Waals surface area contributed by atoms with Crippen molar-refractivity contribution in [3.63, 3.8) is 0 Å². The molecule has 0 aromatic carbocycles. The first kappa shape index (κ1) is 18.3. The first-order chi connectivity index (χ1) is 13.6. The Balaban J connectivity index is 1.54. The number of rotatable bonds is 5. The number of carbonyl (C=O) groups is 1. The van der Waals surface area contributed by atoms with Crippen molar-refractivity contribution in [2.24, 2.45) is 7.05 Å². The number of hydrogen-bond acceptors (Lipinski definition) is 7. The second kappa shape index (κ2) is 7.89. The largest absolute Gasteiger partial charge is 0.330 e. The van der Waals surface area contributed by atoms with Crippen LogP contribution in [-0.2, 0) is 11.8 Å². The zero-order chi connectivity index (χ0) is 19.5. The van der Waals surface area contributed by atoms with Gasteiger partial charge in [0, 0.05) is 54.9 Å². The molecule has 0 spiro atoms. The Labute approximate surface area is 167 Å². The highest BCUT2D eigenvalue weighted by molar-refractivity contribution is 7.15. The van der Waals surface area contributed by atoms with Gasteiger partial charge >= 0.3 is 0 Å². The van der Waals surface area contributed by atoms with Gasteiger partial charge in [-0.3, -0.25) is 14.5 Å². The molecule has 1 saturated heterocycles. The van der Waals surface area contributed by atoms with Crippen LogP contribution < -0.4 is 5.32 Å². The minimum atomic E-state index is -0.108. The van der Waals surface area contributed by atoms with E-state index in [2.05, 4.69) is 25.4 Å². The van der Waals surface area contributed by atoms with Crippen molar-refractivity contribution in [3.8, 4) is 0 Å². The number of aryl methyl sites for hydroxylation is 2. The molecule has 1 fully saturated rings. The van der Waals surface area contributed by atoms with E-state index in [9.17, 15) is 4.79 Å². The van der Waals surface area contributed by atoms with E-state index in [4.69, 9.17) is 0 Å². The number of anilines is 2. The standard InChI is InChI=1S/C19H21N7OS/c1-13-10-22-19(28-13)24-18-17(20-7-8-21-18)15-4-3-9-26(15)16(27)6-5-14-11-23-25(2)12-14/h5-8,10-12,15H,3-4,9H2,1-2H3,(H,21,22,24)/b6-5+/t15-/m0/s1. The summed E-state index contributed by atoms with van der Waals surface area (Å²) < 4.78 is 1.71. The topological polar surface area (TPSA) is 88.8 Å².